The monoisotopic (exact) mass is 173 g/mol. The van der Waals surface area contributed by atoms with Gasteiger partial charge in [-0.25, -0.2) is 0 Å². The van der Waals surface area contributed by atoms with Crippen molar-refractivity contribution in [1.29, 1.82) is 0 Å². The lowest BCUT2D eigenvalue weighted by Gasteiger charge is -2.26. The molecular weight excluding hydrogens is 154 g/mol. The third-order valence-electron chi connectivity index (χ3n) is 1.97. The molecule has 0 fully saturated rings. The molecule has 0 rings (SSSR count). The summed E-state index contributed by atoms with van der Waals surface area (Å²) < 4.78 is 5.04. The molecule has 0 aliphatic rings. The van der Waals surface area contributed by atoms with Crippen LogP contribution in [0.2, 0.25) is 0 Å². The van der Waals surface area contributed by atoms with Crippen LogP contribution in [-0.4, -0.2) is 44.0 Å². The van der Waals surface area contributed by atoms with E-state index in [-0.39, 0.29) is 0 Å². The van der Waals surface area contributed by atoms with E-state index in [0.717, 1.165) is 26.0 Å². The molecule has 0 saturated heterocycles. The van der Waals surface area contributed by atoms with Gasteiger partial charge in [0.1, 0.15) is 6.29 Å². The van der Waals surface area contributed by atoms with E-state index in [1.165, 1.54) is 0 Å². The van der Waals surface area contributed by atoms with Gasteiger partial charge in [0, 0.05) is 26.1 Å². The number of carbonyl (C=O) groups excluding carboxylic acids is 1. The summed E-state index contributed by atoms with van der Waals surface area (Å²) in [7, 11) is 1.70. The van der Waals surface area contributed by atoms with E-state index in [9.17, 15) is 4.79 Å². The zero-order valence-corrected chi connectivity index (χ0v) is 8.25. The highest BCUT2D eigenvalue weighted by atomic mass is 16.5. The van der Waals surface area contributed by atoms with Gasteiger partial charge in [0.2, 0.25) is 0 Å². The summed E-state index contributed by atoms with van der Waals surface area (Å²) in [5.74, 6) is 0. The van der Waals surface area contributed by atoms with Gasteiger partial charge in [-0.1, -0.05) is 6.92 Å². The standard InChI is InChI=1S/C9H19NO2/c1-4-10(6-5-7-11)9(2)8-12-3/h7,9H,4-6,8H2,1-3H3. The SMILES string of the molecule is CCN(CCC=O)C(C)COC. The maximum atomic E-state index is 10.1. The first kappa shape index (κ1) is 11.6. The lowest BCUT2D eigenvalue weighted by Crippen LogP contribution is -2.36. The normalized spacial score (nSPS) is 13.3. The number of nitrogens with zero attached hydrogens (tertiary/aromatic N) is 1. The summed E-state index contributed by atoms with van der Waals surface area (Å²) >= 11 is 0. The average Bonchev–Trinajstić information content (AvgIpc) is 2.06. The Kier molecular flexibility index (Phi) is 7.00. The Labute approximate surface area is 74.7 Å². The van der Waals surface area contributed by atoms with Crippen molar-refractivity contribution in [1.82, 2.24) is 4.90 Å². The number of hydrogen-bond donors (Lipinski definition) is 0. The van der Waals surface area contributed by atoms with Gasteiger partial charge in [0.15, 0.2) is 0 Å². The second-order valence-electron chi connectivity index (χ2n) is 2.89. The Balaban J connectivity index is 3.69. The number of aldehydes is 1. The van der Waals surface area contributed by atoms with Crippen molar-refractivity contribution in [2.45, 2.75) is 26.3 Å². The van der Waals surface area contributed by atoms with Crippen molar-refractivity contribution in [3.63, 3.8) is 0 Å². The third-order valence-corrected chi connectivity index (χ3v) is 1.97. The van der Waals surface area contributed by atoms with E-state index in [1.807, 2.05) is 0 Å². The van der Waals surface area contributed by atoms with Gasteiger partial charge in [-0.15, -0.1) is 0 Å². The fourth-order valence-corrected chi connectivity index (χ4v) is 1.26. The summed E-state index contributed by atoms with van der Waals surface area (Å²) in [6, 6.07) is 0.403. The van der Waals surface area contributed by atoms with Gasteiger partial charge < -0.3 is 9.53 Å². The van der Waals surface area contributed by atoms with Crippen molar-refractivity contribution in [2.24, 2.45) is 0 Å². The molecule has 0 N–H and O–H groups in total. The Morgan fingerprint density at radius 1 is 1.58 bits per heavy atom. The number of hydrogen-bond acceptors (Lipinski definition) is 3. The van der Waals surface area contributed by atoms with Crippen LogP contribution in [0.3, 0.4) is 0 Å². The predicted molar refractivity (Wildman–Crippen MR) is 49.3 cm³/mol. The Bertz CT molecular complexity index is 117. The van der Waals surface area contributed by atoms with Gasteiger partial charge >= 0.3 is 0 Å². The van der Waals surface area contributed by atoms with E-state index < -0.39 is 0 Å². The van der Waals surface area contributed by atoms with Gasteiger partial charge in [-0.3, -0.25) is 4.90 Å². The summed E-state index contributed by atoms with van der Waals surface area (Å²) in [6.07, 6.45) is 1.57. The summed E-state index contributed by atoms with van der Waals surface area (Å²) in [4.78, 5) is 12.4. The van der Waals surface area contributed by atoms with Crippen LogP contribution in [0.25, 0.3) is 0 Å². The Morgan fingerprint density at radius 2 is 2.25 bits per heavy atom. The molecule has 72 valence electrons. The van der Waals surface area contributed by atoms with Gasteiger partial charge in [0.05, 0.1) is 6.61 Å². The molecule has 0 bridgehead atoms. The molecule has 0 aliphatic heterocycles. The van der Waals surface area contributed by atoms with Crippen molar-refractivity contribution in [3.8, 4) is 0 Å². The van der Waals surface area contributed by atoms with Crippen LogP contribution in [0.15, 0.2) is 0 Å². The fraction of sp³-hybridized carbons (Fsp3) is 0.889. The lowest BCUT2D eigenvalue weighted by molar-refractivity contribution is -0.108. The highest BCUT2D eigenvalue weighted by molar-refractivity contribution is 5.49. The van der Waals surface area contributed by atoms with Crippen LogP contribution >= 0.6 is 0 Å². The van der Waals surface area contributed by atoms with E-state index in [0.29, 0.717) is 12.5 Å². The van der Waals surface area contributed by atoms with Crippen LogP contribution in [-0.2, 0) is 9.53 Å². The predicted octanol–water partition coefficient (Wildman–Crippen LogP) is 0.932. The van der Waals surface area contributed by atoms with Gasteiger partial charge in [-0.05, 0) is 13.5 Å². The van der Waals surface area contributed by atoms with Crippen LogP contribution < -0.4 is 0 Å². The van der Waals surface area contributed by atoms with E-state index in [2.05, 4.69) is 18.7 Å². The zero-order chi connectivity index (χ0) is 9.40. The maximum absolute atomic E-state index is 10.1. The molecule has 1 atom stereocenters. The van der Waals surface area contributed by atoms with E-state index in [4.69, 9.17) is 4.74 Å². The van der Waals surface area contributed by atoms with Crippen LogP contribution in [0.5, 0.6) is 0 Å². The summed E-state index contributed by atoms with van der Waals surface area (Å²) in [6.45, 7) is 6.74. The molecule has 0 saturated carbocycles. The second-order valence-corrected chi connectivity index (χ2v) is 2.89. The first-order chi connectivity index (χ1) is 5.76. The highest BCUT2D eigenvalue weighted by Gasteiger charge is 2.10. The molecule has 0 spiro atoms. The maximum Gasteiger partial charge on any atom is 0.121 e. The summed E-state index contributed by atoms with van der Waals surface area (Å²) in [5.41, 5.74) is 0. The van der Waals surface area contributed by atoms with Crippen molar-refractivity contribution in [3.05, 3.63) is 0 Å². The minimum atomic E-state index is 0.403. The van der Waals surface area contributed by atoms with E-state index >= 15 is 0 Å². The van der Waals surface area contributed by atoms with Crippen molar-refractivity contribution < 1.29 is 9.53 Å². The van der Waals surface area contributed by atoms with E-state index in [1.54, 1.807) is 7.11 Å². The van der Waals surface area contributed by atoms with Crippen molar-refractivity contribution in [2.75, 3.05) is 26.8 Å². The molecule has 0 aromatic heterocycles. The second kappa shape index (κ2) is 7.25. The summed E-state index contributed by atoms with van der Waals surface area (Å²) in [5, 5.41) is 0. The largest absolute Gasteiger partial charge is 0.383 e. The first-order valence-corrected chi connectivity index (χ1v) is 4.42. The van der Waals surface area contributed by atoms with Crippen molar-refractivity contribution >= 4 is 6.29 Å². The minimum absolute atomic E-state index is 0.403. The molecule has 12 heavy (non-hydrogen) atoms. The third kappa shape index (κ3) is 4.46. The molecule has 3 nitrogen and oxygen atoms in total. The number of likely N-dealkylation sites (N-methyl/N-ethyl adjacent to an activating group) is 1. The van der Waals surface area contributed by atoms with Gasteiger partial charge in [-0.2, -0.15) is 0 Å². The minimum Gasteiger partial charge on any atom is -0.383 e. The zero-order valence-electron chi connectivity index (χ0n) is 8.25. The molecule has 0 radical (unpaired) electrons. The van der Waals surface area contributed by atoms with Crippen LogP contribution in [0, 0.1) is 0 Å². The highest BCUT2D eigenvalue weighted by Crippen LogP contribution is 1.99. The molecule has 0 aromatic rings. The number of rotatable bonds is 7. The fourth-order valence-electron chi connectivity index (χ4n) is 1.26. The Morgan fingerprint density at radius 3 is 2.67 bits per heavy atom. The molecule has 3 heteroatoms. The molecule has 0 heterocycles. The smallest absolute Gasteiger partial charge is 0.121 e. The first-order valence-electron chi connectivity index (χ1n) is 4.42. The molecule has 0 amide bonds. The van der Waals surface area contributed by atoms with Crippen LogP contribution in [0.4, 0.5) is 0 Å². The van der Waals surface area contributed by atoms with Crippen LogP contribution in [0.1, 0.15) is 20.3 Å². The number of ether oxygens (including phenoxy) is 1. The average molecular weight is 173 g/mol. The molecular formula is C9H19NO2. The molecule has 0 aromatic carbocycles. The quantitative estimate of drug-likeness (QED) is 0.536. The number of carbonyl (C=O) groups is 1. The Hall–Kier alpha value is -0.410. The van der Waals surface area contributed by atoms with Gasteiger partial charge in [0.25, 0.3) is 0 Å². The molecule has 1 unspecified atom stereocenters. The topological polar surface area (TPSA) is 29.5 Å². The lowest BCUT2D eigenvalue weighted by atomic mass is 10.3. The molecule has 0 aliphatic carbocycles. The number of methoxy groups -OCH3 is 1.